The van der Waals surface area contributed by atoms with Gasteiger partial charge < -0.3 is 14.3 Å². The molecule has 2 aromatic heterocycles. The van der Waals surface area contributed by atoms with Gasteiger partial charge in [-0.25, -0.2) is 18.1 Å². The minimum absolute atomic E-state index is 0.0684. The molecule has 1 atom stereocenters. The highest BCUT2D eigenvalue weighted by molar-refractivity contribution is 7.89. The maximum absolute atomic E-state index is 12.5. The minimum Gasteiger partial charge on any atom is -0.438 e. The molecule has 0 aliphatic rings. The lowest BCUT2D eigenvalue weighted by atomic mass is 10.1. The van der Waals surface area contributed by atoms with E-state index in [0.717, 1.165) is 11.3 Å². The predicted octanol–water partition coefficient (Wildman–Crippen LogP) is 3.03. The zero-order chi connectivity index (χ0) is 21.2. The monoisotopic (exact) mass is 416 g/mol. The fourth-order valence-electron chi connectivity index (χ4n) is 2.74. The second-order valence-electron chi connectivity index (χ2n) is 7.73. The number of nitrogens with one attached hydrogen (secondary N) is 2. The van der Waals surface area contributed by atoms with E-state index in [4.69, 9.17) is 4.42 Å². The number of carbonyl (C=O) groups is 1. The molecule has 0 radical (unpaired) electrons. The van der Waals surface area contributed by atoms with E-state index in [1.165, 1.54) is 12.1 Å². The maximum Gasteiger partial charge on any atom is 0.287 e. The summed E-state index contributed by atoms with van der Waals surface area (Å²) in [6.45, 7) is 7.01. The number of furan rings is 1. The van der Waals surface area contributed by atoms with Crippen molar-refractivity contribution < 1.29 is 17.6 Å². The van der Waals surface area contributed by atoms with Gasteiger partial charge in [-0.1, -0.05) is 12.1 Å². The van der Waals surface area contributed by atoms with Crippen molar-refractivity contribution in [1.29, 1.82) is 0 Å². The second-order valence-corrected chi connectivity index (χ2v) is 9.34. The Morgan fingerprint density at radius 1 is 1.14 bits per heavy atom. The van der Waals surface area contributed by atoms with Crippen LogP contribution in [0.1, 0.15) is 49.9 Å². The number of aromatic nitrogens is 2. The van der Waals surface area contributed by atoms with Crippen molar-refractivity contribution in [1.82, 2.24) is 19.6 Å². The van der Waals surface area contributed by atoms with Gasteiger partial charge in [0.1, 0.15) is 0 Å². The van der Waals surface area contributed by atoms with Gasteiger partial charge in [-0.05, 0) is 57.5 Å². The smallest absolute Gasteiger partial charge is 0.287 e. The zero-order valence-corrected chi connectivity index (χ0v) is 17.5. The third kappa shape index (κ3) is 5.12. The Morgan fingerprint density at radius 2 is 1.83 bits per heavy atom. The van der Waals surface area contributed by atoms with Crippen LogP contribution >= 0.6 is 0 Å². The number of benzene rings is 1. The fraction of sp³-hybridized carbons (Fsp3) is 0.300. The van der Waals surface area contributed by atoms with E-state index in [1.54, 1.807) is 33.3 Å². The lowest BCUT2D eigenvalue weighted by Crippen LogP contribution is -2.40. The third-order valence-corrected chi connectivity index (χ3v) is 5.68. The van der Waals surface area contributed by atoms with Crippen LogP contribution in [0.15, 0.2) is 64.6 Å². The van der Waals surface area contributed by atoms with Crippen molar-refractivity contribution >= 4 is 15.9 Å². The molecule has 2 N–H and O–H groups in total. The number of hydrogen-bond donors (Lipinski definition) is 2. The molecule has 0 aliphatic carbocycles. The van der Waals surface area contributed by atoms with Crippen LogP contribution in [-0.4, -0.2) is 29.4 Å². The molecule has 3 rings (SSSR count). The second kappa shape index (κ2) is 7.84. The fourth-order valence-corrected chi connectivity index (χ4v) is 4.09. The minimum atomic E-state index is -3.84. The normalized spacial score (nSPS) is 13.2. The summed E-state index contributed by atoms with van der Waals surface area (Å²) in [5, 5.41) is 2.52. The number of nitrogens with zero attached hydrogens (tertiary/aromatic N) is 2. The first-order valence-electron chi connectivity index (χ1n) is 9.08. The summed E-state index contributed by atoms with van der Waals surface area (Å²) in [5.41, 5.74) is 1.19. The summed E-state index contributed by atoms with van der Waals surface area (Å²) in [6, 6.07) is 9.99. The molecule has 0 saturated carbocycles. The Bertz CT molecular complexity index is 1080. The van der Waals surface area contributed by atoms with E-state index in [1.807, 2.05) is 42.0 Å². The zero-order valence-electron chi connectivity index (χ0n) is 16.7. The van der Waals surface area contributed by atoms with Crippen LogP contribution in [0.5, 0.6) is 0 Å². The number of carbonyl (C=O) groups excluding carboxylic acids is 1. The highest BCUT2D eigenvalue weighted by Gasteiger charge is 2.26. The van der Waals surface area contributed by atoms with Gasteiger partial charge in [0.2, 0.25) is 5.09 Å². The summed E-state index contributed by atoms with van der Waals surface area (Å²) < 4.78 is 34.3. The number of imidazole rings is 1. The molecular weight excluding hydrogens is 392 g/mol. The third-order valence-electron chi connectivity index (χ3n) is 4.05. The molecule has 0 bridgehead atoms. The number of sulfonamides is 1. The predicted molar refractivity (Wildman–Crippen MR) is 108 cm³/mol. The van der Waals surface area contributed by atoms with Gasteiger partial charge in [0.25, 0.3) is 15.9 Å². The van der Waals surface area contributed by atoms with Crippen molar-refractivity contribution in [2.24, 2.45) is 0 Å². The molecule has 0 spiro atoms. The van der Waals surface area contributed by atoms with Crippen LogP contribution < -0.4 is 10.0 Å². The van der Waals surface area contributed by atoms with Crippen LogP contribution in [0.25, 0.3) is 5.69 Å². The highest BCUT2D eigenvalue weighted by Crippen LogP contribution is 2.19. The van der Waals surface area contributed by atoms with Crippen molar-refractivity contribution in [3.8, 4) is 5.69 Å². The number of rotatable bonds is 6. The van der Waals surface area contributed by atoms with E-state index in [-0.39, 0.29) is 16.9 Å². The summed E-state index contributed by atoms with van der Waals surface area (Å²) in [4.78, 5) is 16.5. The van der Waals surface area contributed by atoms with E-state index in [2.05, 4.69) is 15.0 Å². The van der Waals surface area contributed by atoms with Gasteiger partial charge >= 0.3 is 0 Å². The Morgan fingerprint density at radius 3 is 2.41 bits per heavy atom. The number of amides is 1. The van der Waals surface area contributed by atoms with E-state index in [9.17, 15) is 13.2 Å². The van der Waals surface area contributed by atoms with Crippen LogP contribution in [0, 0.1) is 0 Å². The van der Waals surface area contributed by atoms with E-state index < -0.39 is 21.5 Å². The van der Waals surface area contributed by atoms with Gasteiger partial charge in [0.15, 0.2) is 5.76 Å². The summed E-state index contributed by atoms with van der Waals surface area (Å²) >= 11 is 0. The first kappa shape index (κ1) is 20.8. The molecule has 8 nitrogen and oxygen atoms in total. The Hall–Kier alpha value is -2.91. The molecule has 3 aromatic rings. The molecule has 0 fully saturated rings. The average molecular weight is 417 g/mol. The maximum atomic E-state index is 12.5. The summed E-state index contributed by atoms with van der Waals surface area (Å²) in [7, 11) is -3.84. The van der Waals surface area contributed by atoms with Crippen molar-refractivity contribution in [2.45, 2.75) is 44.4 Å². The average Bonchev–Trinajstić information content (AvgIpc) is 3.32. The lowest BCUT2D eigenvalue weighted by molar-refractivity contribution is 0.0906. The van der Waals surface area contributed by atoms with E-state index >= 15 is 0 Å². The van der Waals surface area contributed by atoms with Gasteiger partial charge in [-0.2, -0.15) is 0 Å². The van der Waals surface area contributed by atoms with Gasteiger partial charge in [0.05, 0.1) is 12.4 Å². The number of hydrogen-bond acceptors (Lipinski definition) is 5. The molecule has 29 heavy (non-hydrogen) atoms. The molecule has 9 heteroatoms. The molecule has 1 unspecified atom stereocenters. The lowest BCUT2D eigenvalue weighted by Gasteiger charge is -2.19. The molecule has 1 amide bonds. The largest absolute Gasteiger partial charge is 0.438 e. The molecule has 154 valence electrons. The Labute approximate surface area is 170 Å². The summed E-state index contributed by atoms with van der Waals surface area (Å²) in [6.07, 6.45) is 5.25. The van der Waals surface area contributed by atoms with Gasteiger partial charge in [-0.3, -0.25) is 4.79 Å². The van der Waals surface area contributed by atoms with Crippen LogP contribution in [0.4, 0.5) is 0 Å². The van der Waals surface area contributed by atoms with Crippen LogP contribution in [-0.2, 0) is 10.0 Å². The molecule has 0 saturated heterocycles. The van der Waals surface area contributed by atoms with Gasteiger partial charge in [0, 0.05) is 23.6 Å². The summed E-state index contributed by atoms with van der Waals surface area (Å²) in [5.74, 6) is -0.561. The van der Waals surface area contributed by atoms with Crippen LogP contribution in [0.3, 0.4) is 0 Å². The molecule has 2 heterocycles. The molecule has 0 aliphatic heterocycles. The Kier molecular flexibility index (Phi) is 5.63. The first-order chi connectivity index (χ1) is 13.5. The van der Waals surface area contributed by atoms with Crippen LogP contribution in [0.2, 0.25) is 0 Å². The topological polar surface area (TPSA) is 106 Å². The van der Waals surface area contributed by atoms with Crippen molar-refractivity contribution in [3.05, 3.63) is 66.4 Å². The van der Waals surface area contributed by atoms with Crippen molar-refractivity contribution in [3.63, 3.8) is 0 Å². The first-order valence-corrected chi connectivity index (χ1v) is 10.6. The highest BCUT2D eigenvalue weighted by atomic mass is 32.2. The SMILES string of the molecule is CC(NC(=O)c1ccc(S(=O)(=O)NC(C)(C)C)o1)c1ccc(-n2ccnc2)cc1. The Balaban J connectivity index is 1.68. The van der Waals surface area contributed by atoms with Crippen molar-refractivity contribution in [2.75, 3.05) is 0 Å². The van der Waals surface area contributed by atoms with Gasteiger partial charge in [-0.15, -0.1) is 0 Å². The molecular formula is C20H24N4O4S. The van der Waals surface area contributed by atoms with E-state index in [0.29, 0.717) is 0 Å². The standard InChI is InChI=1S/C20H24N4O4S/c1-14(15-5-7-16(8-6-15)24-12-11-21-13-24)22-19(25)17-9-10-18(28-17)29(26,27)23-20(2,3)4/h5-14,23H,1-4H3,(H,22,25). The molecule has 1 aromatic carbocycles. The quantitative estimate of drug-likeness (QED) is 0.642.